The minimum absolute atomic E-state index is 0.206. The summed E-state index contributed by atoms with van der Waals surface area (Å²) in [6, 6.07) is 2.09. The third-order valence-electron chi connectivity index (χ3n) is 2.31. The molecule has 86 valence electrons. The molecule has 4 heteroatoms. The molecule has 0 radical (unpaired) electrons. The lowest BCUT2D eigenvalue weighted by Crippen LogP contribution is -2.38. The van der Waals surface area contributed by atoms with E-state index >= 15 is 0 Å². The molecule has 0 spiro atoms. The smallest absolute Gasteiger partial charge is 0.107 e. The quantitative estimate of drug-likeness (QED) is 0.821. The lowest BCUT2D eigenvalue weighted by atomic mass is 9.99. The third-order valence-corrected chi connectivity index (χ3v) is 4.79. The highest BCUT2D eigenvalue weighted by atomic mass is 79.9. The average molecular weight is 311 g/mol. The van der Waals surface area contributed by atoms with Crippen LogP contribution < -0.4 is 5.32 Å². The Labute approximate surface area is 109 Å². The molecule has 0 amide bonds. The highest BCUT2D eigenvalue weighted by Gasteiger charge is 2.16. The number of rotatable bonds is 5. The van der Waals surface area contributed by atoms with Gasteiger partial charge in [-0.25, -0.2) is 0 Å². The van der Waals surface area contributed by atoms with Gasteiger partial charge in [0.25, 0.3) is 0 Å². The molecule has 0 aromatic carbocycles. The molecule has 1 aromatic rings. The summed E-state index contributed by atoms with van der Waals surface area (Å²) < 4.78 is 1.83. The summed E-state index contributed by atoms with van der Waals surface area (Å²) in [6.45, 7) is 7.58. The number of nitrogens with one attached hydrogen (secondary N) is 1. The summed E-state index contributed by atoms with van der Waals surface area (Å²) in [6.07, 6.45) is 2.39. The van der Waals surface area contributed by atoms with E-state index in [2.05, 4.69) is 48.1 Å². The molecule has 0 saturated heterocycles. The molecule has 0 unspecified atom stereocenters. The summed E-state index contributed by atoms with van der Waals surface area (Å²) in [5.74, 6) is 0. The fourth-order valence-corrected chi connectivity index (χ4v) is 3.25. The highest BCUT2D eigenvalue weighted by molar-refractivity contribution is 9.10. The Kier molecular flexibility index (Phi) is 5.10. The molecule has 15 heavy (non-hydrogen) atoms. The first kappa shape index (κ1) is 13.5. The number of halogens is 2. The van der Waals surface area contributed by atoms with E-state index in [-0.39, 0.29) is 5.54 Å². The van der Waals surface area contributed by atoms with Gasteiger partial charge in [-0.15, -0.1) is 11.3 Å². The Morgan fingerprint density at radius 3 is 2.67 bits per heavy atom. The van der Waals surface area contributed by atoms with Gasteiger partial charge in [0.1, 0.15) is 4.34 Å². The normalized spacial score (nSPS) is 12.1. The Balaban J connectivity index is 2.49. The first-order valence-electron chi connectivity index (χ1n) is 5.13. The van der Waals surface area contributed by atoms with Gasteiger partial charge in [0.05, 0.1) is 0 Å². The lowest BCUT2D eigenvalue weighted by Gasteiger charge is -2.25. The van der Waals surface area contributed by atoms with Crippen molar-refractivity contribution in [3.63, 3.8) is 0 Å². The van der Waals surface area contributed by atoms with Crippen molar-refractivity contribution in [2.24, 2.45) is 0 Å². The van der Waals surface area contributed by atoms with E-state index in [4.69, 9.17) is 11.6 Å². The minimum atomic E-state index is 0.206. The summed E-state index contributed by atoms with van der Waals surface area (Å²) in [4.78, 5) is 1.27. The van der Waals surface area contributed by atoms with Gasteiger partial charge in [-0.1, -0.05) is 24.9 Å². The Morgan fingerprint density at radius 1 is 1.53 bits per heavy atom. The predicted octanol–water partition coefficient (Wildman–Crippen LogP) is 4.83. The van der Waals surface area contributed by atoms with Crippen molar-refractivity contribution in [3.05, 3.63) is 19.8 Å². The second kappa shape index (κ2) is 5.67. The Bertz CT molecular complexity index is 303. The second-order valence-corrected chi connectivity index (χ2v) is 6.91. The zero-order valence-electron chi connectivity index (χ0n) is 9.36. The molecule has 0 bridgehead atoms. The van der Waals surface area contributed by atoms with Crippen molar-refractivity contribution in [2.75, 3.05) is 0 Å². The molecule has 0 saturated carbocycles. The van der Waals surface area contributed by atoms with Crippen molar-refractivity contribution in [1.82, 2.24) is 5.32 Å². The van der Waals surface area contributed by atoms with Crippen LogP contribution in [0.4, 0.5) is 0 Å². The van der Waals surface area contributed by atoms with E-state index < -0.39 is 0 Å². The third kappa shape index (κ3) is 4.43. The van der Waals surface area contributed by atoms with Crippen LogP contribution in [0.2, 0.25) is 4.34 Å². The first-order chi connectivity index (χ1) is 6.94. The summed E-state index contributed by atoms with van der Waals surface area (Å²) in [7, 11) is 0. The van der Waals surface area contributed by atoms with Gasteiger partial charge in [-0.05, 0) is 42.3 Å². The minimum Gasteiger partial charge on any atom is -0.307 e. The molecule has 1 rings (SSSR count). The maximum atomic E-state index is 5.98. The molecule has 0 aliphatic carbocycles. The molecule has 0 atom stereocenters. The van der Waals surface area contributed by atoms with Gasteiger partial charge >= 0.3 is 0 Å². The van der Waals surface area contributed by atoms with Crippen LogP contribution in [0.15, 0.2) is 10.5 Å². The second-order valence-electron chi connectivity index (χ2n) is 4.32. The number of hydrogen-bond donors (Lipinski definition) is 1. The SMILES string of the molecule is CCCC(C)(C)NCc1cc(Br)c(Cl)s1. The predicted molar refractivity (Wildman–Crippen MR) is 72.9 cm³/mol. The van der Waals surface area contributed by atoms with E-state index in [1.54, 1.807) is 11.3 Å². The molecular weight excluding hydrogens is 294 g/mol. The van der Waals surface area contributed by atoms with E-state index in [0.717, 1.165) is 15.4 Å². The summed E-state index contributed by atoms with van der Waals surface area (Å²) >= 11 is 11.0. The van der Waals surface area contributed by atoms with Crippen LogP contribution in [0.25, 0.3) is 0 Å². The molecule has 0 fully saturated rings. The molecule has 0 aliphatic rings. The summed E-state index contributed by atoms with van der Waals surface area (Å²) in [5, 5.41) is 3.55. The fraction of sp³-hybridized carbons (Fsp3) is 0.636. The maximum Gasteiger partial charge on any atom is 0.107 e. The lowest BCUT2D eigenvalue weighted by molar-refractivity contribution is 0.358. The van der Waals surface area contributed by atoms with Crippen molar-refractivity contribution in [3.8, 4) is 0 Å². The van der Waals surface area contributed by atoms with Crippen LogP contribution >= 0.6 is 38.9 Å². The van der Waals surface area contributed by atoms with Crippen LogP contribution in [-0.2, 0) is 6.54 Å². The Morgan fingerprint density at radius 2 is 2.20 bits per heavy atom. The van der Waals surface area contributed by atoms with E-state index in [1.807, 2.05) is 0 Å². The zero-order valence-corrected chi connectivity index (χ0v) is 12.5. The van der Waals surface area contributed by atoms with Gasteiger partial charge in [-0.3, -0.25) is 0 Å². The van der Waals surface area contributed by atoms with Crippen LogP contribution in [0.1, 0.15) is 38.5 Å². The van der Waals surface area contributed by atoms with Gasteiger partial charge in [0.15, 0.2) is 0 Å². The first-order valence-corrected chi connectivity index (χ1v) is 7.12. The van der Waals surface area contributed by atoms with Gasteiger partial charge in [-0.2, -0.15) is 0 Å². The maximum absolute atomic E-state index is 5.98. The van der Waals surface area contributed by atoms with E-state index in [0.29, 0.717) is 0 Å². The van der Waals surface area contributed by atoms with E-state index in [9.17, 15) is 0 Å². The number of hydrogen-bond acceptors (Lipinski definition) is 2. The molecule has 1 aromatic heterocycles. The summed E-state index contributed by atoms with van der Waals surface area (Å²) in [5.41, 5.74) is 0.206. The molecule has 1 heterocycles. The monoisotopic (exact) mass is 309 g/mol. The van der Waals surface area contributed by atoms with Crippen LogP contribution in [-0.4, -0.2) is 5.54 Å². The van der Waals surface area contributed by atoms with Gasteiger partial charge in [0.2, 0.25) is 0 Å². The molecule has 1 nitrogen and oxygen atoms in total. The molecule has 0 aliphatic heterocycles. The molecular formula is C11H17BrClNS. The zero-order chi connectivity index (χ0) is 11.5. The van der Waals surface area contributed by atoms with Crippen molar-refractivity contribution >= 4 is 38.9 Å². The van der Waals surface area contributed by atoms with Crippen molar-refractivity contribution < 1.29 is 0 Å². The molecule has 1 N–H and O–H groups in total. The van der Waals surface area contributed by atoms with Crippen LogP contribution in [0, 0.1) is 0 Å². The standard InChI is InChI=1S/C11H17BrClNS/c1-4-5-11(2,3)14-7-8-6-9(12)10(13)15-8/h6,14H,4-5,7H2,1-3H3. The largest absolute Gasteiger partial charge is 0.307 e. The van der Waals surface area contributed by atoms with Gasteiger partial charge < -0.3 is 5.32 Å². The highest BCUT2D eigenvalue weighted by Crippen LogP contribution is 2.32. The van der Waals surface area contributed by atoms with E-state index in [1.165, 1.54) is 17.7 Å². The fourth-order valence-electron chi connectivity index (χ4n) is 1.52. The Hall–Kier alpha value is 0.430. The van der Waals surface area contributed by atoms with Crippen molar-refractivity contribution in [2.45, 2.75) is 45.7 Å². The average Bonchev–Trinajstić information content (AvgIpc) is 2.44. The van der Waals surface area contributed by atoms with Crippen molar-refractivity contribution in [1.29, 1.82) is 0 Å². The number of thiophene rings is 1. The van der Waals surface area contributed by atoms with Gasteiger partial charge in [0, 0.05) is 21.4 Å². The topological polar surface area (TPSA) is 12.0 Å². The van der Waals surface area contributed by atoms with Crippen LogP contribution in [0.5, 0.6) is 0 Å². The van der Waals surface area contributed by atoms with Crippen LogP contribution in [0.3, 0.4) is 0 Å².